The van der Waals surface area contributed by atoms with Crippen LogP contribution in [0.4, 0.5) is 0 Å². The number of hydrogen-bond donors (Lipinski definition) is 0. The summed E-state index contributed by atoms with van der Waals surface area (Å²) in [6.07, 6.45) is 11.7. The monoisotopic (exact) mass is 861 g/mol. The summed E-state index contributed by atoms with van der Waals surface area (Å²) in [7, 11) is 1.31. The zero-order valence-electron chi connectivity index (χ0n) is 37.5. The molecule has 6 aliphatic rings. The van der Waals surface area contributed by atoms with Gasteiger partial charge >= 0.3 is 11.9 Å². The molecule has 1 saturated heterocycles. The molecule has 0 radical (unpaired) electrons. The third kappa shape index (κ3) is 6.33. The second-order valence-corrected chi connectivity index (χ2v) is 19.2. The molecule has 1 spiro atoms. The summed E-state index contributed by atoms with van der Waals surface area (Å²) in [5, 5.41) is 0. The van der Waals surface area contributed by atoms with Crippen LogP contribution in [-0.4, -0.2) is 64.6 Å². The number of fused-ring (bicyclic) bond motifs is 7. The van der Waals surface area contributed by atoms with Crippen LogP contribution >= 0.6 is 11.6 Å². The molecule has 2 aromatic rings. The van der Waals surface area contributed by atoms with Crippen molar-refractivity contribution in [2.24, 2.45) is 28.7 Å². The van der Waals surface area contributed by atoms with Crippen molar-refractivity contribution < 1.29 is 42.9 Å². The number of carbonyl (C=O) groups is 4. The molecule has 0 aromatic heterocycles. The average Bonchev–Trinajstić information content (AvgIpc) is 3.61. The van der Waals surface area contributed by atoms with E-state index >= 15 is 4.79 Å². The van der Waals surface area contributed by atoms with Gasteiger partial charge in [0, 0.05) is 52.0 Å². The van der Waals surface area contributed by atoms with E-state index in [4.69, 9.17) is 40.3 Å². The van der Waals surface area contributed by atoms with Gasteiger partial charge < -0.3 is 23.7 Å². The molecule has 11 heteroatoms. The van der Waals surface area contributed by atoms with Gasteiger partial charge in [-0.3, -0.25) is 19.4 Å². The molecule has 0 N–H and O–H groups in total. The Morgan fingerprint density at radius 3 is 2.29 bits per heavy atom. The van der Waals surface area contributed by atoms with Gasteiger partial charge in [0.05, 0.1) is 41.2 Å². The number of benzene rings is 2. The third-order valence-electron chi connectivity index (χ3n) is 14.0. The first kappa shape index (κ1) is 43.6. The number of methoxy groups -OCH3 is 1. The lowest BCUT2D eigenvalue weighted by molar-refractivity contribution is -0.177. The van der Waals surface area contributed by atoms with Crippen LogP contribution in [0.3, 0.4) is 0 Å². The number of halogens is 1. The average molecular weight is 862 g/mol. The Morgan fingerprint density at radius 2 is 1.63 bits per heavy atom. The Hall–Kier alpha value is -5.06. The fraction of sp³-hybridized carbons (Fsp3) is 0.471. The number of esters is 2. The number of Topliss-reactive ketones (excluding diaryl/α,β-unsaturated/α-hetero) is 2. The molecule has 10 nitrogen and oxygen atoms in total. The van der Waals surface area contributed by atoms with Crippen LogP contribution < -0.4 is 14.2 Å². The number of ether oxygens (including phenoxy) is 5. The summed E-state index contributed by atoms with van der Waals surface area (Å²) in [5.41, 5.74) is 2.04. The Kier molecular flexibility index (Phi) is 10.8. The fourth-order valence-corrected chi connectivity index (χ4v) is 10.8. The highest BCUT2D eigenvalue weighted by Gasteiger charge is 2.79. The summed E-state index contributed by atoms with van der Waals surface area (Å²) in [6.45, 7) is 19.6. The van der Waals surface area contributed by atoms with E-state index in [9.17, 15) is 14.4 Å². The molecule has 8 rings (SSSR count). The van der Waals surface area contributed by atoms with Crippen molar-refractivity contribution in [1.29, 1.82) is 0 Å². The number of allylic oxidation sites excluding steroid dienone is 4. The van der Waals surface area contributed by atoms with Gasteiger partial charge in [0.15, 0.2) is 28.5 Å². The lowest BCUT2D eigenvalue weighted by Crippen LogP contribution is -2.71. The largest absolute Gasteiger partial charge is 0.482 e. The second-order valence-electron chi connectivity index (χ2n) is 18.9. The highest BCUT2D eigenvalue weighted by molar-refractivity contribution is 6.31. The van der Waals surface area contributed by atoms with Gasteiger partial charge in [0.25, 0.3) is 0 Å². The summed E-state index contributed by atoms with van der Waals surface area (Å²) < 4.78 is 33.5. The molecular formula is C51H56ClNO9. The van der Waals surface area contributed by atoms with Gasteiger partial charge in [-0.1, -0.05) is 67.5 Å². The lowest BCUT2D eigenvalue weighted by Gasteiger charge is -2.58. The van der Waals surface area contributed by atoms with Crippen molar-refractivity contribution in [1.82, 2.24) is 0 Å². The first-order valence-corrected chi connectivity index (χ1v) is 22.1. The fourth-order valence-electron chi connectivity index (χ4n) is 10.8. The number of hydrogen-bond acceptors (Lipinski definition) is 10. The van der Waals surface area contributed by atoms with Crippen molar-refractivity contribution in [3.8, 4) is 17.2 Å². The van der Waals surface area contributed by atoms with E-state index in [0.717, 1.165) is 12.0 Å². The minimum absolute atomic E-state index is 0.0386. The normalized spacial score (nSPS) is 29.4. The van der Waals surface area contributed by atoms with E-state index < -0.39 is 63.9 Å². The van der Waals surface area contributed by atoms with E-state index in [1.165, 1.54) is 12.7 Å². The summed E-state index contributed by atoms with van der Waals surface area (Å²) in [5.74, 6) is -3.84. The van der Waals surface area contributed by atoms with Crippen LogP contribution in [0.2, 0.25) is 0 Å². The molecule has 2 aromatic carbocycles. The molecule has 2 fully saturated rings. The van der Waals surface area contributed by atoms with Gasteiger partial charge in [0.1, 0.15) is 23.0 Å². The maximum absolute atomic E-state index is 15.8. The molecule has 4 aliphatic heterocycles. The van der Waals surface area contributed by atoms with Crippen LogP contribution in [0.5, 0.6) is 17.2 Å². The summed E-state index contributed by atoms with van der Waals surface area (Å²) in [4.78, 5) is 62.5. The molecule has 7 unspecified atom stereocenters. The van der Waals surface area contributed by atoms with Gasteiger partial charge in [-0.25, -0.2) is 4.79 Å². The SMILES string of the molecule is COC(=O)/C(C)=C\CC12OC(C)(C)C(C)C13Oc1c(CC=C(C)C)c4c(c(OC(=O)CCl)c1C1=C3C(C(C)C2=O)C2C(=O)c3ccccc3C2=N1)C=CC(C)(CCC=C(C)C)O4. The highest BCUT2D eigenvalue weighted by atomic mass is 35.5. The topological polar surface area (TPSA) is 127 Å². The number of aliphatic imine (C=N–C) groups is 1. The third-order valence-corrected chi connectivity index (χ3v) is 14.2. The van der Waals surface area contributed by atoms with Crippen molar-refractivity contribution >= 4 is 52.6 Å². The van der Waals surface area contributed by atoms with E-state index in [2.05, 4.69) is 26.0 Å². The zero-order valence-corrected chi connectivity index (χ0v) is 38.3. The van der Waals surface area contributed by atoms with Gasteiger partial charge in [-0.05, 0) is 86.8 Å². The number of rotatable bonds is 10. The summed E-state index contributed by atoms with van der Waals surface area (Å²) >= 11 is 6.20. The predicted octanol–water partition coefficient (Wildman–Crippen LogP) is 9.94. The molecule has 7 atom stereocenters. The quantitative estimate of drug-likeness (QED) is 0.0754. The van der Waals surface area contributed by atoms with Crippen molar-refractivity contribution in [3.05, 3.63) is 98.7 Å². The van der Waals surface area contributed by atoms with E-state index in [0.29, 0.717) is 74.7 Å². The Bertz CT molecular complexity index is 2530. The number of ketones is 2. The first-order valence-electron chi connectivity index (χ1n) is 21.6. The lowest BCUT2D eigenvalue weighted by atomic mass is 9.51. The maximum atomic E-state index is 15.8. The van der Waals surface area contributed by atoms with Crippen LogP contribution in [0.15, 0.2) is 75.9 Å². The standard InChI is InChI=1S/C51H56ClNO9/c1-26(2)15-14-22-49(10)23-21-34-43(60-49)33(19-18-27(3)4)45-38(44(34)59-35(54)25-52)41-39-36(37-40(53-41)31-16-12-13-17-32(31)42(37)55)29(6)46(56)50(24-20-28(5)47(57)58-11)51(39,61-45)30(7)48(8,9)62-50/h12-13,15-18,20-21,23,29-30,36-37H,14,19,22,24-25H2,1-11H3/b28-20-. The van der Waals surface area contributed by atoms with Crippen molar-refractivity contribution in [3.63, 3.8) is 0 Å². The first-order chi connectivity index (χ1) is 29.3. The Labute approximate surface area is 369 Å². The molecular weight excluding hydrogens is 806 g/mol. The van der Waals surface area contributed by atoms with Gasteiger partial charge in [-0.15, -0.1) is 11.6 Å². The van der Waals surface area contributed by atoms with Crippen molar-refractivity contribution in [2.45, 2.75) is 117 Å². The summed E-state index contributed by atoms with van der Waals surface area (Å²) in [6, 6.07) is 7.41. The van der Waals surface area contributed by atoms with Gasteiger partial charge in [-0.2, -0.15) is 0 Å². The molecule has 0 amide bonds. The molecule has 0 bridgehead atoms. The minimum atomic E-state index is -1.71. The predicted molar refractivity (Wildman–Crippen MR) is 239 cm³/mol. The molecule has 1 saturated carbocycles. The van der Waals surface area contributed by atoms with Gasteiger partial charge in [0.2, 0.25) is 0 Å². The number of nitrogens with zero attached hydrogens (tertiary/aromatic N) is 1. The zero-order chi connectivity index (χ0) is 44.8. The highest BCUT2D eigenvalue weighted by Crippen LogP contribution is 2.70. The Morgan fingerprint density at radius 1 is 0.935 bits per heavy atom. The van der Waals surface area contributed by atoms with Crippen LogP contribution in [0, 0.1) is 23.7 Å². The smallest absolute Gasteiger partial charge is 0.333 e. The molecule has 62 heavy (non-hydrogen) atoms. The van der Waals surface area contributed by atoms with E-state index in [1.807, 2.05) is 78.8 Å². The number of carbonyl (C=O) groups excluding carboxylic acids is 4. The second kappa shape index (κ2) is 15.3. The minimum Gasteiger partial charge on any atom is -0.482 e. The molecule has 2 aliphatic carbocycles. The Balaban J connectivity index is 1.53. The molecule has 326 valence electrons. The van der Waals surface area contributed by atoms with Crippen LogP contribution in [0.1, 0.15) is 121 Å². The number of alkyl halides is 1. The van der Waals surface area contributed by atoms with E-state index in [-0.39, 0.29) is 23.7 Å². The van der Waals surface area contributed by atoms with E-state index in [1.54, 1.807) is 19.1 Å². The molecule has 4 heterocycles. The van der Waals surface area contributed by atoms with Crippen LogP contribution in [0.25, 0.3) is 11.8 Å². The van der Waals surface area contributed by atoms with Crippen LogP contribution in [-0.2, 0) is 30.3 Å². The van der Waals surface area contributed by atoms with Crippen molar-refractivity contribution in [2.75, 3.05) is 13.0 Å². The maximum Gasteiger partial charge on any atom is 0.333 e.